The van der Waals surface area contributed by atoms with Gasteiger partial charge in [0.1, 0.15) is 23.2 Å². The van der Waals surface area contributed by atoms with E-state index >= 15 is 0 Å². The Morgan fingerprint density at radius 1 is 1.31 bits per heavy atom. The third-order valence-corrected chi connectivity index (χ3v) is 6.75. The number of alkyl halides is 1. The summed E-state index contributed by atoms with van der Waals surface area (Å²) in [6, 6.07) is 6.83. The first-order chi connectivity index (χ1) is 17.5. The Labute approximate surface area is 206 Å². The molecule has 0 unspecified atom stereocenters. The monoisotopic (exact) mass is 493 g/mol. The van der Waals surface area contributed by atoms with E-state index in [2.05, 4.69) is 37.0 Å². The molecule has 0 radical (unpaired) electrons. The highest BCUT2D eigenvalue weighted by molar-refractivity contribution is 6.05. The molecule has 1 aliphatic carbocycles. The third-order valence-electron chi connectivity index (χ3n) is 6.75. The largest absolute Gasteiger partial charge is 0.373 e. The maximum atomic E-state index is 13.5. The number of hydrogen-bond donors (Lipinski definition) is 3. The average Bonchev–Trinajstić information content (AvgIpc) is 3.44. The van der Waals surface area contributed by atoms with Crippen LogP contribution in [-0.4, -0.2) is 68.9 Å². The van der Waals surface area contributed by atoms with Gasteiger partial charge in [-0.2, -0.15) is 9.78 Å². The number of hydrogen-bond acceptors (Lipinski definition) is 8. The molecule has 1 aliphatic heterocycles. The fraction of sp³-hybridized carbons (Fsp3) is 0.458. The van der Waals surface area contributed by atoms with Crippen molar-refractivity contribution in [2.24, 2.45) is 0 Å². The highest BCUT2D eigenvalue weighted by atomic mass is 19.1. The Hall–Kier alpha value is -3.98. The van der Waals surface area contributed by atoms with E-state index in [-0.39, 0.29) is 35.1 Å². The Balaban J connectivity index is 1.44. The Kier molecular flexibility index (Phi) is 6.56. The van der Waals surface area contributed by atoms with Crippen molar-refractivity contribution in [2.45, 2.75) is 43.9 Å². The summed E-state index contributed by atoms with van der Waals surface area (Å²) >= 11 is 0. The minimum absolute atomic E-state index is 0.0374. The summed E-state index contributed by atoms with van der Waals surface area (Å²) in [5.74, 6) is 0.268. The molecule has 1 amide bonds. The number of amides is 1. The molecule has 0 spiro atoms. The van der Waals surface area contributed by atoms with Gasteiger partial charge in [-0.15, -0.1) is 5.10 Å². The second-order valence-electron chi connectivity index (χ2n) is 9.11. The lowest BCUT2D eigenvalue weighted by Crippen LogP contribution is -2.38. The molecule has 3 aromatic heterocycles. The van der Waals surface area contributed by atoms with E-state index in [1.165, 1.54) is 4.52 Å². The third kappa shape index (κ3) is 4.61. The van der Waals surface area contributed by atoms with Crippen molar-refractivity contribution < 1.29 is 9.18 Å². The van der Waals surface area contributed by atoms with Crippen LogP contribution in [0.4, 0.5) is 21.7 Å². The van der Waals surface area contributed by atoms with Crippen LogP contribution in [0, 0.1) is 11.3 Å². The zero-order valence-corrected chi connectivity index (χ0v) is 19.9. The first-order valence-electron chi connectivity index (χ1n) is 12.1. The topological polar surface area (TPSA) is 132 Å². The highest BCUT2D eigenvalue weighted by Gasteiger charge is 2.40. The van der Waals surface area contributed by atoms with E-state index in [0.29, 0.717) is 17.9 Å². The number of rotatable bonds is 8. The van der Waals surface area contributed by atoms with Gasteiger partial charge in [0.15, 0.2) is 11.5 Å². The van der Waals surface area contributed by atoms with Gasteiger partial charge < -0.3 is 25.4 Å². The van der Waals surface area contributed by atoms with Crippen molar-refractivity contribution in [1.82, 2.24) is 29.4 Å². The molecule has 36 heavy (non-hydrogen) atoms. The molecule has 0 bridgehead atoms. The molecular weight excluding hydrogens is 465 g/mol. The average molecular weight is 494 g/mol. The predicted octanol–water partition coefficient (Wildman–Crippen LogP) is 2.07. The molecule has 188 valence electrons. The van der Waals surface area contributed by atoms with Gasteiger partial charge in [0.25, 0.3) is 11.5 Å². The van der Waals surface area contributed by atoms with Gasteiger partial charge in [-0.1, -0.05) is 0 Å². The van der Waals surface area contributed by atoms with E-state index in [4.69, 9.17) is 5.26 Å². The van der Waals surface area contributed by atoms with Crippen LogP contribution in [0.1, 0.15) is 42.1 Å². The number of halogens is 1. The van der Waals surface area contributed by atoms with Crippen molar-refractivity contribution in [3.8, 4) is 6.07 Å². The molecule has 4 heterocycles. The molecule has 2 fully saturated rings. The molecule has 0 aromatic carbocycles. The number of carbonyl (C=O) groups is 1. The number of nitriles is 1. The summed E-state index contributed by atoms with van der Waals surface area (Å²) in [4.78, 5) is 33.1. The maximum Gasteiger partial charge on any atom is 0.274 e. The van der Waals surface area contributed by atoms with E-state index in [1.54, 1.807) is 42.2 Å². The van der Waals surface area contributed by atoms with Crippen LogP contribution in [-0.2, 0) is 0 Å². The molecule has 1 saturated heterocycles. The van der Waals surface area contributed by atoms with Gasteiger partial charge in [-0.05, 0) is 31.0 Å². The van der Waals surface area contributed by atoms with E-state index < -0.39 is 18.1 Å². The van der Waals surface area contributed by atoms with Crippen LogP contribution in [0.5, 0.6) is 0 Å². The van der Waals surface area contributed by atoms with E-state index in [0.717, 1.165) is 32.5 Å². The van der Waals surface area contributed by atoms with Crippen LogP contribution in [0.15, 0.2) is 35.4 Å². The predicted molar refractivity (Wildman–Crippen MR) is 132 cm³/mol. The molecule has 5 rings (SSSR count). The van der Waals surface area contributed by atoms with Gasteiger partial charge >= 0.3 is 0 Å². The number of fused-ring (bicyclic) bond motifs is 1. The summed E-state index contributed by atoms with van der Waals surface area (Å²) < 4.78 is 16.7. The van der Waals surface area contributed by atoms with Gasteiger partial charge in [-0.3, -0.25) is 9.59 Å². The lowest BCUT2D eigenvalue weighted by molar-refractivity contribution is 0.0949. The van der Waals surface area contributed by atoms with Gasteiger partial charge in [-0.25, -0.2) is 9.37 Å². The molecule has 2 aliphatic rings. The summed E-state index contributed by atoms with van der Waals surface area (Å²) in [5.41, 5.74) is 0.498. The molecule has 3 N–H and O–H groups in total. The maximum absolute atomic E-state index is 13.5. The standard InChI is InChI=1S/C24H28FN9O2/c1-27-19-5-9-28-22-20(23(35)30-18-14-16(18)25)21(31-34(19)22)29-17-4-2-11-33(24(17)36)15-6-12-32(13-7-15)10-3-8-26/h2,4-5,9,11,15-16,18,27H,3,6-7,10,12-14H2,1H3,(H,29,31)(H,30,35)/t16-,18+/m0/s1. The molecular formula is C24H28FN9O2. The molecule has 2 atom stereocenters. The number of piperidine rings is 1. The normalized spacial score (nSPS) is 20.1. The summed E-state index contributed by atoms with van der Waals surface area (Å²) in [7, 11) is 1.72. The van der Waals surface area contributed by atoms with Crippen molar-refractivity contribution in [3.63, 3.8) is 0 Å². The number of nitrogens with one attached hydrogen (secondary N) is 3. The van der Waals surface area contributed by atoms with Crippen molar-refractivity contribution in [3.05, 3.63) is 46.5 Å². The second-order valence-corrected chi connectivity index (χ2v) is 9.11. The lowest BCUT2D eigenvalue weighted by atomic mass is 10.0. The SMILES string of the molecule is CNc1ccnc2c(C(=O)N[C@@H]3C[C@@H]3F)c(Nc3cccn(C4CCN(CCC#N)CC4)c3=O)nn12. The first kappa shape index (κ1) is 23.7. The molecule has 11 nitrogen and oxygen atoms in total. The van der Waals surface area contributed by atoms with Gasteiger partial charge in [0.2, 0.25) is 0 Å². The number of likely N-dealkylation sites (tertiary alicyclic amines) is 1. The second kappa shape index (κ2) is 9.94. The number of aromatic nitrogens is 4. The summed E-state index contributed by atoms with van der Waals surface area (Å²) in [5, 5.41) is 22.1. The highest BCUT2D eigenvalue weighted by Crippen LogP contribution is 2.29. The number of carbonyl (C=O) groups excluding carboxylic acids is 1. The molecule has 1 saturated carbocycles. The van der Waals surface area contributed by atoms with Crippen molar-refractivity contribution in [1.29, 1.82) is 5.26 Å². The lowest BCUT2D eigenvalue weighted by Gasteiger charge is -2.32. The summed E-state index contributed by atoms with van der Waals surface area (Å²) in [6.45, 7) is 2.38. The van der Waals surface area contributed by atoms with Gasteiger partial charge in [0.05, 0.1) is 12.1 Å². The Morgan fingerprint density at radius 3 is 2.78 bits per heavy atom. The smallest absolute Gasteiger partial charge is 0.274 e. The minimum atomic E-state index is -1.05. The zero-order chi connectivity index (χ0) is 25.2. The summed E-state index contributed by atoms with van der Waals surface area (Å²) in [6.07, 6.45) is 4.65. The number of pyridine rings is 1. The van der Waals surface area contributed by atoms with Crippen molar-refractivity contribution >= 4 is 28.9 Å². The fourth-order valence-corrected chi connectivity index (χ4v) is 4.63. The molecule has 12 heteroatoms. The van der Waals surface area contributed by atoms with Crippen LogP contribution < -0.4 is 21.5 Å². The van der Waals surface area contributed by atoms with Crippen LogP contribution in [0.25, 0.3) is 5.65 Å². The van der Waals surface area contributed by atoms with Crippen LogP contribution in [0.3, 0.4) is 0 Å². The minimum Gasteiger partial charge on any atom is -0.373 e. The van der Waals surface area contributed by atoms with E-state index in [9.17, 15) is 14.0 Å². The first-order valence-corrected chi connectivity index (χ1v) is 12.1. The zero-order valence-electron chi connectivity index (χ0n) is 19.9. The quantitative estimate of drug-likeness (QED) is 0.435. The Bertz CT molecular complexity index is 1370. The van der Waals surface area contributed by atoms with Crippen LogP contribution >= 0.6 is 0 Å². The number of nitrogens with zero attached hydrogens (tertiary/aromatic N) is 6. The van der Waals surface area contributed by atoms with Crippen molar-refractivity contribution in [2.75, 3.05) is 37.3 Å². The van der Waals surface area contributed by atoms with E-state index in [1.807, 2.05) is 0 Å². The Morgan fingerprint density at radius 2 is 2.08 bits per heavy atom. The number of anilines is 3. The fourth-order valence-electron chi connectivity index (χ4n) is 4.63. The van der Waals surface area contributed by atoms with Crippen LogP contribution in [0.2, 0.25) is 0 Å². The molecule has 3 aromatic rings. The van der Waals surface area contributed by atoms with Gasteiger partial charge in [0, 0.05) is 58.0 Å².